The maximum atomic E-state index is 13.0. The van der Waals surface area contributed by atoms with E-state index in [0.717, 1.165) is 0 Å². The van der Waals surface area contributed by atoms with Gasteiger partial charge in [-0.1, -0.05) is 25.6 Å². The zero-order valence-electron chi connectivity index (χ0n) is 14.8. The second-order valence-corrected chi connectivity index (χ2v) is 5.74. The lowest BCUT2D eigenvalue weighted by molar-refractivity contribution is -0.115. The number of nitrogens with zero attached hydrogens (tertiary/aromatic N) is 4. The van der Waals surface area contributed by atoms with Gasteiger partial charge in [-0.25, -0.2) is 24.3 Å². The molecule has 0 amide bonds. The highest BCUT2D eigenvalue weighted by Crippen LogP contribution is 2.25. The highest BCUT2D eigenvalue weighted by molar-refractivity contribution is 7.98. The van der Waals surface area contributed by atoms with Gasteiger partial charge in [0.15, 0.2) is 22.1 Å². The lowest BCUT2D eigenvalue weighted by Gasteiger charge is -2.11. The quantitative estimate of drug-likeness (QED) is 0.381. The predicted octanol–water partition coefficient (Wildman–Crippen LogP) is 4.95. The number of halogens is 4. The molecule has 1 N–H and O–H groups in total. The number of nitrogens with one attached hydrogen (secondary N) is 1. The van der Waals surface area contributed by atoms with E-state index in [2.05, 4.69) is 25.3 Å². The molecule has 0 atom stereocenters. The smallest absolute Gasteiger partial charge is 0.359 e. The summed E-state index contributed by atoms with van der Waals surface area (Å²) in [5, 5.41) is 2.52. The summed E-state index contributed by atoms with van der Waals surface area (Å²) >= 11 is 1.18. The monoisotopic (exact) mass is 399 g/mol. The third kappa shape index (κ3) is 5.49. The Kier molecular flexibility index (Phi) is 6.89. The molecule has 27 heavy (non-hydrogen) atoms. The summed E-state index contributed by atoms with van der Waals surface area (Å²) in [4.78, 5) is 16.6. The number of hydrogen-bond acceptors (Lipinski definition) is 6. The molecule has 3 aromatic rings. The molecule has 0 radical (unpaired) electrons. The molecule has 2 heterocycles. The van der Waals surface area contributed by atoms with Crippen LogP contribution in [0.5, 0.6) is 0 Å². The van der Waals surface area contributed by atoms with Crippen molar-refractivity contribution >= 4 is 28.7 Å². The maximum absolute atomic E-state index is 13.0. The fourth-order valence-electron chi connectivity index (χ4n) is 2.05. The highest BCUT2D eigenvalue weighted by Gasteiger charge is 2.27. The molecule has 0 unspecified atom stereocenters. The maximum Gasteiger partial charge on any atom is 0.405 e. The van der Waals surface area contributed by atoms with Gasteiger partial charge >= 0.3 is 6.18 Å². The van der Waals surface area contributed by atoms with Crippen LogP contribution in [-0.4, -0.2) is 38.9 Å². The van der Waals surface area contributed by atoms with E-state index in [1.54, 1.807) is 6.26 Å². The molecular weight excluding hydrogens is 382 g/mol. The van der Waals surface area contributed by atoms with Gasteiger partial charge in [0.25, 0.3) is 0 Å². The molecule has 0 aliphatic carbocycles. The van der Waals surface area contributed by atoms with E-state index in [0.29, 0.717) is 11.3 Å². The Hall–Kier alpha value is -2.49. The molecule has 1 aromatic carbocycles. The average Bonchev–Trinajstić information content (AvgIpc) is 2.67. The summed E-state index contributed by atoms with van der Waals surface area (Å²) in [6.45, 7) is 2.75. The molecular formula is C17H17F4N5S. The van der Waals surface area contributed by atoms with Crippen LogP contribution in [0.1, 0.15) is 13.8 Å². The van der Waals surface area contributed by atoms with E-state index >= 15 is 0 Å². The lowest BCUT2D eigenvalue weighted by atomic mass is 10.1. The Labute approximate surface area is 157 Å². The molecule has 0 spiro atoms. The van der Waals surface area contributed by atoms with Gasteiger partial charge in [-0.2, -0.15) is 13.2 Å². The number of anilines is 1. The van der Waals surface area contributed by atoms with Crippen molar-refractivity contribution in [2.45, 2.75) is 25.2 Å². The number of benzene rings is 1. The summed E-state index contributed by atoms with van der Waals surface area (Å²) in [7, 11) is 0. The Morgan fingerprint density at radius 1 is 1.04 bits per heavy atom. The summed E-state index contributed by atoms with van der Waals surface area (Å²) < 4.78 is 50.6. The van der Waals surface area contributed by atoms with E-state index in [1.807, 2.05) is 13.8 Å². The molecule has 2 aromatic heterocycles. The fourth-order valence-corrected chi connectivity index (χ4v) is 2.41. The van der Waals surface area contributed by atoms with Gasteiger partial charge in [0, 0.05) is 5.56 Å². The first-order valence-electron chi connectivity index (χ1n) is 8.01. The summed E-state index contributed by atoms with van der Waals surface area (Å²) in [5.74, 6) is -0.457. The van der Waals surface area contributed by atoms with Crippen LogP contribution in [0.25, 0.3) is 22.4 Å². The van der Waals surface area contributed by atoms with Crippen LogP contribution in [0, 0.1) is 5.82 Å². The van der Waals surface area contributed by atoms with Gasteiger partial charge < -0.3 is 5.32 Å². The Balaban J connectivity index is 0.00000126. The molecule has 0 saturated heterocycles. The van der Waals surface area contributed by atoms with Crippen LogP contribution in [0.2, 0.25) is 0 Å². The first-order valence-corrected chi connectivity index (χ1v) is 9.23. The lowest BCUT2D eigenvalue weighted by Crippen LogP contribution is -2.22. The average molecular weight is 399 g/mol. The second-order valence-electron chi connectivity index (χ2n) is 4.96. The molecule has 10 heteroatoms. The molecule has 0 aliphatic rings. The van der Waals surface area contributed by atoms with Crippen LogP contribution in [-0.2, 0) is 0 Å². The van der Waals surface area contributed by atoms with Gasteiger partial charge in [0.05, 0.1) is 11.9 Å². The third-order valence-electron chi connectivity index (χ3n) is 3.17. The number of hydrogen-bond donors (Lipinski definition) is 1. The zero-order chi connectivity index (χ0) is 20.0. The van der Waals surface area contributed by atoms with Gasteiger partial charge in [0.2, 0.25) is 0 Å². The van der Waals surface area contributed by atoms with Crippen molar-refractivity contribution in [1.29, 1.82) is 0 Å². The van der Waals surface area contributed by atoms with E-state index in [1.165, 1.54) is 42.2 Å². The molecule has 3 rings (SSSR count). The molecule has 0 bridgehead atoms. The van der Waals surface area contributed by atoms with Crippen LogP contribution in [0.15, 0.2) is 35.6 Å². The molecule has 0 fully saturated rings. The largest absolute Gasteiger partial charge is 0.405 e. The Morgan fingerprint density at radius 3 is 2.30 bits per heavy atom. The van der Waals surface area contributed by atoms with E-state index in [-0.39, 0.29) is 22.1 Å². The van der Waals surface area contributed by atoms with Crippen LogP contribution >= 0.6 is 11.8 Å². The highest BCUT2D eigenvalue weighted by atomic mass is 32.2. The van der Waals surface area contributed by atoms with Gasteiger partial charge in [-0.05, 0) is 30.5 Å². The van der Waals surface area contributed by atoms with Crippen molar-refractivity contribution in [1.82, 2.24) is 19.9 Å². The Morgan fingerprint density at radius 2 is 1.70 bits per heavy atom. The van der Waals surface area contributed by atoms with E-state index in [4.69, 9.17) is 0 Å². The number of aromatic nitrogens is 4. The molecule has 144 valence electrons. The van der Waals surface area contributed by atoms with Crippen molar-refractivity contribution in [2.75, 3.05) is 18.1 Å². The summed E-state index contributed by atoms with van der Waals surface area (Å²) in [5.41, 5.74) is 1.24. The standard InChI is InChI=1S/C15H11F4N5S.C2H6/c1-25-14-23-12-11(13(24-14)21-7-15(17,18)19)22-10(6-20-12)8-2-4-9(16)5-3-8;1-2/h2-6H,7H2,1H3,(H,20,21,23,24);1-2H3. The predicted molar refractivity (Wildman–Crippen MR) is 98.2 cm³/mol. The van der Waals surface area contributed by atoms with Crippen molar-refractivity contribution < 1.29 is 17.6 Å². The van der Waals surface area contributed by atoms with Crippen molar-refractivity contribution in [3.63, 3.8) is 0 Å². The summed E-state index contributed by atoms with van der Waals surface area (Å²) in [6.07, 6.45) is -1.27. The Bertz CT molecular complexity index is 900. The van der Waals surface area contributed by atoms with E-state index < -0.39 is 18.5 Å². The molecule has 5 nitrogen and oxygen atoms in total. The first-order chi connectivity index (χ1) is 12.9. The van der Waals surface area contributed by atoms with Crippen LogP contribution < -0.4 is 5.32 Å². The van der Waals surface area contributed by atoms with E-state index in [9.17, 15) is 17.6 Å². The normalized spacial score (nSPS) is 11.1. The van der Waals surface area contributed by atoms with Gasteiger partial charge in [-0.3, -0.25) is 0 Å². The zero-order valence-corrected chi connectivity index (χ0v) is 15.6. The third-order valence-corrected chi connectivity index (χ3v) is 3.71. The summed E-state index contributed by atoms with van der Waals surface area (Å²) in [6, 6.07) is 5.53. The SMILES string of the molecule is CC.CSc1nc(NCC(F)(F)F)c2nc(-c3ccc(F)cc3)cnc2n1. The molecule has 0 saturated carbocycles. The van der Waals surface area contributed by atoms with Crippen molar-refractivity contribution in [3.05, 3.63) is 36.3 Å². The molecule has 0 aliphatic heterocycles. The van der Waals surface area contributed by atoms with Crippen LogP contribution in [0.4, 0.5) is 23.4 Å². The first kappa shape index (κ1) is 20.8. The van der Waals surface area contributed by atoms with Crippen LogP contribution in [0.3, 0.4) is 0 Å². The van der Waals surface area contributed by atoms with Crippen molar-refractivity contribution in [3.8, 4) is 11.3 Å². The second kappa shape index (κ2) is 8.94. The fraction of sp³-hybridized carbons (Fsp3) is 0.294. The topological polar surface area (TPSA) is 63.6 Å². The number of rotatable bonds is 4. The minimum Gasteiger partial charge on any atom is -0.359 e. The van der Waals surface area contributed by atoms with Crippen molar-refractivity contribution in [2.24, 2.45) is 0 Å². The minimum atomic E-state index is -4.40. The number of fused-ring (bicyclic) bond motifs is 1. The number of thioether (sulfide) groups is 1. The number of alkyl halides is 3. The van der Waals surface area contributed by atoms with Gasteiger partial charge in [0.1, 0.15) is 12.4 Å². The van der Waals surface area contributed by atoms with Gasteiger partial charge in [-0.15, -0.1) is 0 Å². The minimum absolute atomic E-state index is 0.0527.